The Morgan fingerprint density at radius 2 is 1.71 bits per heavy atom. The highest BCUT2D eigenvalue weighted by Gasteiger charge is 2.26. The number of carbonyl (C=O) groups is 1. The normalized spacial score (nSPS) is 15.7. The zero-order chi connectivity index (χ0) is 21.8. The molecule has 0 radical (unpaired) electrons. The third-order valence-corrected chi connectivity index (χ3v) is 7.10. The van der Waals surface area contributed by atoms with Crippen LogP contribution in [0.2, 0.25) is 0 Å². The summed E-state index contributed by atoms with van der Waals surface area (Å²) in [7, 11) is -3.68. The summed E-state index contributed by atoms with van der Waals surface area (Å²) < 4.78 is 32.3. The molecule has 0 saturated carbocycles. The van der Waals surface area contributed by atoms with Gasteiger partial charge in [-0.1, -0.05) is 48.5 Å². The highest BCUT2D eigenvalue weighted by Crippen LogP contribution is 2.20. The molecule has 1 N–H and O–H groups in total. The second-order valence-corrected chi connectivity index (χ2v) is 9.15. The van der Waals surface area contributed by atoms with E-state index in [1.165, 1.54) is 16.4 Å². The molecule has 0 bridgehead atoms. The first kappa shape index (κ1) is 21.2. The fourth-order valence-electron chi connectivity index (χ4n) is 3.53. The van der Waals surface area contributed by atoms with Crippen molar-refractivity contribution in [2.24, 2.45) is 5.10 Å². The average molecular weight is 438 g/mol. The number of fused-ring (bicyclic) bond motifs is 1. The zero-order valence-electron chi connectivity index (χ0n) is 17.1. The summed E-state index contributed by atoms with van der Waals surface area (Å²) in [5.41, 5.74) is 4.34. The van der Waals surface area contributed by atoms with Gasteiger partial charge in [0, 0.05) is 24.2 Å². The Labute approximate surface area is 181 Å². The van der Waals surface area contributed by atoms with Crippen LogP contribution in [0.25, 0.3) is 10.8 Å². The number of nitrogens with one attached hydrogen (secondary N) is 1. The second-order valence-electron chi connectivity index (χ2n) is 7.21. The van der Waals surface area contributed by atoms with Crippen LogP contribution in [0.1, 0.15) is 22.8 Å². The number of ether oxygens (including phenoxy) is 1. The Morgan fingerprint density at radius 3 is 2.52 bits per heavy atom. The van der Waals surface area contributed by atoms with E-state index in [1.54, 1.807) is 12.1 Å². The molecule has 31 heavy (non-hydrogen) atoms. The number of rotatable bonds is 5. The molecule has 0 aliphatic carbocycles. The first-order chi connectivity index (χ1) is 15.0. The van der Waals surface area contributed by atoms with Crippen LogP contribution < -0.4 is 5.43 Å². The smallest absolute Gasteiger partial charge is 0.271 e. The van der Waals surface area contributed by atoms with Crippen molar-refractivity contribution in [1.29, 1.82) is 0 Å². The Kier molecular flexibility index (Phi) is 6.13. The molecule has 1 aliphatic heterocycles. The lowest BCUT2D eigenvalue weighted by molar-refractivity contribution is 0.0730. The van der Waals surface area contributed by atoms with Crippen molar-refractivity contribution in [3.63, 3.8) is 0 Å². The largest absolute Gasteiger partial charge is 0.379 e. The van der Waals surface area contributed by atoms with Gasteiger partial charge in [0.2, 0.25) is 10.0 Å². The predicted octanol–water partition coefficient (Wildman–Crippen LogP) is 3.01. The summed E-state index contributed by atoms with van der Waals surface area (Å²) in [6.45, 7) is 3.14. The van der Waals surface area contributed by atoms with Gasteiger partial charge in [-0.25, -0.2) is 13.8 Å². The van der Waals surface area contributed by atoms with Crippen molar-refractivity contribution in [2.75, 3.05) is 26.3 Å². The third-order valence-electron chi connectivity index (χ3n) is 5.21. The van der Waals surface area contributed by atoms with Crippen molar-refractivity contribution >= 4 is 32.4 Å². The first-order valence-corrected chi connectivity index (χ1v) is 11.4. The number of carbonyl (C=O) groups excluding carboxylic acids is 1. The fraction of sp³-hybridized carbons (Fsp3) is 0.217. The molecular weight excluding hydrogens is 414 g/mol. The van der Waals surface area contributed by atoms with E-state index >= 15 is 0 Å². The minimum absolute atomic E-state index is 0.0804. The van der Waals surface area contributed by atoms with Gasteiger partial charge in [0.15, 0.2) is 0 Å². The van der Waals surface area contributed by atoms with Gasteiger partial charge in [0.05, 0.1) is 23.8 Å². The van der Waals surface area contributed by atoms with Gasteiger partial charge in [-0.2, -0.15) is 9.41 Å². The highest BCUT2D eigenvalue weighted by molar-refractivity contribution is 7.89. The molecule has 0 spiro atoms. The van der Waals surface area contributed by atoms with Crippen molar-refractivity contribution in [3.8, 4) is 0 Å². The van der Waals surface area contributed by atoms with Crippen molar-refractivity contribution in [2.45, 2.75) is 11.8 Å². The van der Waals surface area contributed by atoms with Crippen LogP contribution in [-0.4, -0.2) is 50.6 Å². The van der Waals surface area contributed by atoms with E-state index in [1.807, 2.05) is 49.4 Å². The van der Waals surface area contributed by atoms with E-state index in [9.17, 15) is 13.2 Å². The van der Waals surface area contributed by atoms with E-state index in [2.05, 4.69) is 10.5 Å². The molecule has 0 unspecified atom stereocenters. The Balaban J connectivity index is 1.54. The van der Waals surface area contributed by atoms with E-state index in [0.717, 1.165) is 16.3 Å². The highest BCUT2D eigenvalue weighted by atomic mass is 32.2. The standard InChI is InChI=1S/C23H23N3O4S/c1-17(21-11-5-7-18-6-2-3-10-22(18)21)24-25-23(27)19-8-4-9-20(16-19)31(28,29)26-12-14-30-15-13-26/h2-11,16H,12-15H2,1H3,(H,25,27)/b24-17-. The van der Waals surface area contributed by atoms with Crippen molar-refractivity contribution in [3.05, 3.63) is 77.9 Å². The van der Waals surface area contributed by atoms with E-state index in [-0.39, 0.29) is 10.5 Å². The lowest BCUT2D eigenvalue weighted by Crippen LogP contribution is -2.40. The predicted molar refractivity (Wildman–Crippen MR) is 120 cm³/mol. The monoisotopic (exact) mass is 437 g/mol. The first-order valence-electron chi connectivity index (χ1n) is 9.97. The number of hydrogen-bond acceptors (Lipinski definition) is 5. The van der Waals surface area contributed by atoms with Crippen LogP contribution in [0.4, 0.5) is 0 Å². The lowest BCUT2D eigenvalue weighted by atomic mass is 10.0. The average Bonchev–Trinajstić information content (AvgIpc) is 2.82. The minimum Gasteiger partial charge on any atom is -0.379 e. The second kappa shape index (κ2) is 8.97. The molecule has 0 aromatic heterocycles. The molecule has 3 aromatic carbocycles. The number of benzene rings is 3. The van der Waals surface area contributed by atoms with Crippen LogP contribution >= 0.6 is 0 Å². The molecule has 4 rings (SSSR count). The maximum Gasteiger partial charge on any atom is 0.271 e. The molecule has 8 heteroatoms. The van der Waals surface area contributed by atoms with E-state index in [4.69, 9.17) is 4.74 Å². The SMILES string of the molecule is C/C(=N/NC(=O)c1cccc(S(=O)(=O)N2CCOCC2)c1)c1cccc2ccccc12. The lowest BCUT2D eigenvalue weighted by Gasteiger charge is -2.26. The molecule has 7 nitrogen and oxygen atoms in total. The van der Waals surface area contributed by atoms with Crippen LogP contribution in [0.15, 0.2) is 76.7 Å². The molecule has 3 aromatic rings. The topological polar surface area (TPSA) is 88.1 Å². The van der Waals surface area contributed by atoms with Crippen LogP contribution in [0, 0.1) is 0 Å². The molecular formula is C23H23N3O4S. The molecule has 1 heterocycles. The molecule has 0 atom stereocenters. The van der Waals surface area contributed by atoms with E-state index < -0.39 is 15.9 Å². The number of amides is 1. The minimum atomic E-state index is -3.68. The molecule has 160 valence electrons. The van der Waals surface area contributed by atoms with Gasteiger partial charge in [-0.3, -0.25) is 4.79 Å². The van der Waals surface area contributed by atoms with Crippen LogP contribution in [0.5, 0.6) is 0 Å². The molecule has 1 amide bonds. The van der Waals surface area contributed by atoms with Gasteiger partial charge >= 0.3 is 0 Å². The Morgan fingerprint density at radius 1 is 1.00 bits per heavy atom. The Bertz CT molecular complexity index is 1240. The maximum atomic E-state index is 12.8. The van der Waals surface area contributed by atoms with Crippen molar-refractivity contribution < 1.29 is 17.9 Å². The van der Waals surface area contributed by atoms with E-state index in [0.29, 0.717) is 32.0 Å². The zero-order valence-corrected chi connectivity index (χ0v) is 17.9. The van der Waals surface area contributed by atoms with Gasteiger partial charge in [0.25, 0.3) is 5.91 Å². The van der Waals surface area contributed by atoms with Crippen LogP contribution in [-0.2, 0) is 14.8 Å². The fourth-order valence-corrected chi connectivity index (χ4v) is 4.99. The third kappa shape index (κ3) is 4.51. The van der Waals surface area contributed by atoms with Crippen molar-refractivity contribution in [1.82, 2.24) is 9.73 Å². The summed E-state index contributed by atoms with van der Waals surface area (Å²) in [4.78, 5) is 12.7. The van der Waals surface area contributed by atoms with Crippen LogP contribution in [0.3, 0.4) is 0 Å². The Hall–Kier alpha value is -3.07. The summed E-state index contributed by atoms with van der Waals surface area (Å²) in [6, 6.07) is 19.9. The van der Waals surface area contributed by atoms with Gasteiger partial charge in [0.1, 0.15) is 0 Å². The van der Waals surface area contributed by atoms with Gasteiger partial charge < -0.3 is 4.74 Å². The van der Waals surface area contributed by atoms with Gasteiger partial charge in [-0.15, -0.1) is 0 Å². The molecule has 1 aliphatic rings. The number of hydrazone groups is 1. The number of nitrogens with zero attached hydrogens (tertiary/aromatic N) is 2. The maximum absolute atomic E-state index is 12.8. The number of sulfonamides is 1. The summed E-state index contributed by atoms with van der Waals surface area (Å²) >= 11 is 0. The molecule has 1 fully saturated rings. The summed E-state index contributed by atoms with van der Waals surface area (Å²) in [6.07, 6.45) is 0. The summed E-state index contributed by atoms with van der Waals surface area (Å²) in [5, 5.41) is 6.37. The summed E-state index contributed by atoms with van der Waals surface area (Å²) in [5.74, 6) is -0.474. The molecule has 1 saturated heterocycles. The number of morpholine rings is 1. The number of hydrogen-bond donors (Lipinski definition) is 1. The quantitative estimate of drug-likeness (QED) is 0.491. The van der Waals surface area contributed by atoms with Gasteiger partial charge in [-0.05, 0) is 35.9 Å².